The lowest BCUT2D eigenvalue weighted by molar-refractivity contribution is 0.102. The van der Waals surface area contributed by atoms with Gasteiger partial charge < -0.3 is 16.0 Å². The van der Waals surface area contributed by atoms with E-state index in [4.69, 9.17) is 5.41 Å². The van der Waals surface area contributed by atoms with Crippen molar-refractivity contribution in [2.75, 3.05) is 18.9 Å². The number of nitrogens with one attached hydrogen (secondary N) is 3. The Labute approximate surface area is 170 Å². The molecule has 0 aliphatic carbocycles. The minimum absolute atomic E-state index is 0.0218. The predicted molar refractivity (Wildman–Crippen MR) is 117 cm³/mol. The van der Waals surface area contributed by atoms with Crippen LogP contribution in [-0.2, 0) is 0 Å². The molecule has 3 N–H and O–H groups in total. The second-order valence-electron chi connectivity index (χ2n) is 6.98. The van der Waals surface area contributed by atoms with Gasteiger partial charge in [0, 0.05) is 42.8 Å². The molecule has 0 radical (unpaired) electrons. The molecule has 1 atom stereocenters. The summed E-state index contributed by atoms with van der Waals surface area (Å²) in [5, 5.41) is 13.6. The minimum Gasteiger partial charge on any atom is -0.319 e. The molecule has 3 aromatic rings. The van der Waals surface area contributed by atoms with Crippen molar-refractivity contribution in [2.45, 2.75) is 19.8 Å². The van der Waals surface area contributed by atoms with Crippen LogP contribution in [0.4, 0.5) is 5.82 Å². The largest absolute Gasteiger partial charge is 0.319 e. The lowest BCUT2D eigenvalue weighted by Crippen LogP contribution is -2.18. The molecule has 0 bridgehead atoms. The second-order valence-corrected chi connectivity index (χ2v) is 6.98. The zero-order chi connectivity index (χ0) is 20.8. The number of rotatable bonds is 7. The van der Waals surface area contributed by atoms with Crippen LogP contribution in [0.25, 0.3) is 11.1 Å². The van der Waals surface area contributed by atoms with Gasteiger partial charge in [0.15, 0.2) is 0 Å². The number of carbonyl (C=O) groups excluding carboxylic acids is 1. The standard InChI is InChI=1S/C23H25N5O/c1-15-4-5-17(19(11-24)12-25-3)10-20(15)18-6-7-22(27-13-18)28-23(29)21-14-26-9-8-16(21)2/h4-11,13-14,19,24-25H,12H2,1-3H3,(H,27,28,29). The Kier molecular flexibility index (Phi) is 6.46. The van der Waals surface area contributed by atoms with Crippen molar-refractivity contribution in [3.05, 3.63) is 77.2 Å². The van der Waals surface area contributed by atoms with E-state index in [9.17, 15) is 4.79 Å². The number of pyridine rings is 2. The summed E-state index contributed by atoms with van der Waals surface area (Å²) in [6.07, 6.45) is 6.44. The molecule has 0 saturated carbocycles. The first kappa shape index (κ1) is 20.4. The number of carbonyl (C=O) groups is 1. The van der Waals surface area contributed by atoms with Crippen molar-refractivity contribution in [3.8, 4) is 11.1 Å². The molecule has 6 nitrogen and oxygen atoms in total. The summed E-state index contributed by atoms with van der Waals surface area (Å²) in [6, 6.07) is 11.8. The third-order valence-electron chi connectivity index (χ3n) is 4.91. The number of aryl methyl sites for hydroxylation is 2. The van der Waals surface area contributed by atoms with Crippen LogP contribution >= 0.6 is 0 Å². The number of nitrogens with zero attached hydrogens (tertiary/aromatic N) is 2. The van der Waals surface area contributed by atoms with Gasteiger partial charge in [0.1, 0.15) is 5.82 Å². The average molecular weight is 387 g/mol. The molecule has 1 unspecified atom stereocenters. The van der Waals surface area contributed by atoms with Crippen LogP contribution in [0, 0.1) is 19.3 Å². The van der Waals surface area contributed by atoms with Crippen LogP contribution in [0.2, 0.25) is 0 Å². The summed E-state index contributed by atoms with van der Waals surface area (Å²) in [7, 11) is 1.88. The van der Waals surface area contributed by atoms with Crippen LogP contribution in [0.3, 0.4) is 0 Å². The van der Waals surface area contributed by atoms with Gasteiger partial charge in [-0.05, 0) is 61.3 Å². The molecular weight excluding hydrogens is 362 g/mol. The summed E-state index contributed by atoms with van der Waals surface area (Å²) < 4.78 is 0. The van der Waals surface area contributed by atoms with E-state index in [1.54, 1.807) is 30.7 Å². The summed E-state index contributed by atoms with van der Waals surface area (Å²) in [6.45, 7) is 4.64. The highest BCUT2D eigenvalue weighted by Crippen LogP contribution is 2.27. The van der Waals surface area contributed by atoms with Gasteiger partial charge in [0.25, 0.3) is 5.91 Å². The Morgan fingerprint density at radius 2 is 1.97 bits per heavy atom. The van der Waals surface area contributed by atoms with Crippen LogP contribution < -0.4 is 10.6 Å². The van der Waals surface area contributed by atoms with E-state index in [1.165, 1.54) is 6.21 Å². The lowest BCUT2D eigenvalue weighted by Gasteiger charge is -2.15. The number of likely N-dealkylation sites (N-methyl/N-ethyl adjacent to an activating group) is 1. The number of amides is 1. The van der Waals surface area contributed by atoms with Gasteiger partial charge in [-0.3, -0.25) is 9.78 Å². The maximum atomic E-state index is 12.4. The topological polar surface area (TPSA) is 90.8 Å². The van der Waals surface area contributed by atoms with Crippen LogP contribution in [0.1, 0.15) is 33.0 Å². The van der Waals surface area contributed by atoms with Crippen molar-refractivity contribution in [3.63, 3.8) is 0 Å². The molecule has 1 aromatic carbocycles. The normalized spacial score (nSPS) is 11.7. The number of aromatic nitrogens is 2. The third kappa shape index (κ3) is 4.73. The fourth-order valence-corrected chi connectivity index (χ4v) is 3.19. The van der Waals surface area contributed by atoms with Gasteiger partial charge in [0.2, 0.25) is 0 Å². The van der Waals surface area contributed by atoms with E-state index in [1.807, 2.05) is 20.0 Å². The highest BCUT2D eigenvalue weighted by molar-refractivity contribution is 6.04. The molecule has 148 valence electrons. The lowest BCUT2D eigenvalue weighted by atomic mass is 9.93. The molecule has 2 aromatic heterocycles. The van der Waals surface area contributed by atoms with E-state index >= 15 is 0 Å². The second kappa shape index (κ2) is 9.21. The summed E-state index contributed by atoms with van der Waals surface area (Å²) in [4.78, 5) is 20.9. The van der Waals surface area contributed by atoms with Gasteiger partial charge in [-0.1, -0.05) is 18.2 Å². The van der Waals surface area contributed by atoms with E-state index in [0.717, 1.165) is 27.8 Å². The first-order valence-electron chi connectivity index (χ1n) is 9.47. The van der Waals surface area contributed by atoms with E-state index < -0.39 is 0 Å². The van der Waals surface area contributed by atoms with E-state index in [0.29, 0.717) is 17.9 Å². The third-order valence-corrected chi connectivity index (χ3v) is 4.91. The molecule has 0 spiro atoms. The molecule has 3 rings (SSSR count). The SMILES string of the molecule is CNCC(C=N)c1ccc(C)c(-c2ccc(NC(=O)c3cnccc3C)nc2)c1. The number of hydrogen-bond donors (Lipinski definition) is 3. The molecule has 29 heavy (non-hydrogen) atoms. The number of anilines is 1. The molecule has 0 saturated heterocycles. The monoisotopic (exact) mass is 387 g/mol. The molecule has 0 aliphatic heterocycles. The van der Waals surface area contributed by atoms with Crippen molar-refractivity contribution in [1.29, 1.82) is 5.41 Å². The smallest absolute Gasteiger partial charge is 0.258 e. The fourth-order valence-electron chi connectivity index (χ4n) is 3.19. The first-order valence-corrected chi connectivity index (χ1v) is 9.47. The molecular formula is C23H25N5O. The molecule has 2 heterocycles. The van der Waals surface area contributed by atoms with Crippen molar-refractivity contribution in [2.24, 2.45) is 0 Å². The Morgan fingerprint density at radius 1 is 1.14 bits per heavy atom. The first-order chi connectivity index (χ1) is 14.0. The van der Waals surface area contributed by atoms with Crippen LogP contribution in [0.15, 0.2) is 55.0 Å². The van der Waals surface area contributed by atoms with Crippen molar-refractivity contribution >= 4 is 17.9 Å². The van der Waals surface area contributed by atoms with Crippen LogP contribution in [-0.4, -0.2) is 35.7 Å². The zero-order valence-electron chi connectivity index (χ0n) is 16.9. The van der Waals surface area contributed by atoms with Gasteiger partial charge >= 0.3 is 0 Å². The Bertz CT molecular complexity index is 1010. The van der Waals surface area contributed by atoms with Crippen molar-refractivity contribution in [1.82, 2.24) is 15.3 Å². The zero-order valence-corrected chi connectivity index (χ0v) is 16.9. The van der Waals surface area contributed by atoms with E-state index in [-0.39, 0.29) is 11.8 Å². The minimum atomic E-state index is -0.227. The van der Waals surface area contributed by atoms with Gasteiger partial charge in [-0.15, -0.1) is 0 Å². The fraction of sp³-hybridized carbons (Fsp3) is 0.217. The molecule has 0 fully saturated rings. The summed E-state index contributed by atoms with van der Waals surface area (Å²) >= 11 is 0. The Morgan fingerprint density at radius 3 is 2.62 bits per heavy atom. The highest BCUT2D eigenvalue weighted by Gasteiger charge is 2.12. The van der Waals surface area contributed by atoms with Crippen LogP contribution in [0.5, 0.6) is 0 Å². The molecule has 0 aliphatic rings. The maximum Gasteiger partial charge on any atom is 0.258 e. The van der Waals surface area contributed by atoms with Gasteiger partial charge in [-0.2, -0.15) is 0 Å². The Balaban J connectivity index is 1.82. The van der Waals surface area contributed by atoms with Gasteiger partial charge in [-0.25, -0.2) is 4.98 Å². The summed E-state index contributed by atoms with van der Waals surface area (Å²) in [5.74, 6) is 0.284. The maximum absolute atomic E-state index is 12.4. The predicted octanol–water partition coefficient (Wildman–Crippen LogP) is 3.97. The number of hydrogen-bond acceptors (Lipinski definition) is 5. The molecule has 6 heteroatoms. The molecule has 1 amide bonds. The highest BCUT2D eigenvalue weighted by atomic mass is 16.1. The quantitative estimate of drug-likeness (QED) is 0.535. The average Bonchev–Trinajstić information content (AvgIpc) is 2.73. The van der Waals surface area contributed by atoms with Gasteiger partial charge in [0.05, 0.1) is 5.56 Å². The summed E-state index contributed by atoms with van der Waals surface area (Å²) in [5.41, 5.74) is 5.64. The Hall–Kier alpha value is -3.38. The number of benzene rings is 1. The van der Waals surface area contributed by atoms with Crippen molar-refractivity contribution < 1.29 is 4.79 Å². The van der Waals surface area contributed by atoms with E-state index in [2.05, 4.69) is 45.7 Å².